The summed E-state index contributed by atoms with van der Waals surface area (Å²) in [5.74, 6) is 2.81. The summed E-state index contributed by atoms with van der Waals surface area (Å²) in [5, 5.41) is 0. The van der Waals surface area contributed by atoms with Crippen LogP contribution in [0.5, 0.6) is 0 Å². The van der Waals surface area contributed by atoms with E-state index in [-0.39, 0.29) is 0 Å². The van der Waals surface area contributed by atoms with Crippen LogP contribution in [-0.2, 0) is 6.42 Å². The number of rotatable bonds is 2. The van der Waals surface area contributed by atoms with E-state index in [2.05, 4.69) is 46.6 Å². The van der Waals surface area contributed by atoms with Gasteiger partial charge in [0.15, 0.2) is 0 Å². The number of aryl methyl sites for hydroxylation is 1. The van der Waals surface area contributed by atoms with Gasteiger partial charge in [-0.25, -0.2) is 0 Å². The molecule has 0 spiro atoms. The van der Waals surface area contributed by atoms with E-state index in [4.69, 9.17) is 0 Å². The molecule has 1 aromatic rings. The average molecular weight is 160 g/mol. The maximum atomic E-state index is 2.26. The van der Waals surface area contributed by atoms with Gasteiger partial charge in [0.25, 0.3) is 0 Å². The fraction of sp³-hybridized carbons (Fsp3) is 0.545. The number of hydrogen-bond donors (Lipinski definition) is 0. The Labute approximate surface area is 76.2 Å². The van der Waals surface area contributed by atoms with Crippen LogP contribution in [0, 0.1) is 6.92 Å². The SMILES string of the molecule is CCc1c(C(C)C)bccc1C. The van der Waals surface area contributed by atoms with Crippen molar-refractivity contribution < 1.29 is 0 Å². The Kier molecular flexibility index (Phi) is 3.08. The van der Waals surface area contributed by atoms with Gasteiger partial charge >= 0.3 is 75.6 Å². The molecule has 0 aliphatic heterocycles. The first kappa shape index (κ1) is 9.50. The van der Waals surface area contributed by atoms with Crippen molar-refractivity contribution in [3.8, 4) is 0 Å². The van der Waals surface area contributed by atoms with Crippen molar-refractivity contribution in [2.45, 2.75) is 40.0 Å². The first-order valence-corrected chi connectivity index (χ1v) is 4.75. The Bertz CT molecular complexity index is 264. The molecule has 0 bridgehead atoms. The van der Waals surface area contributed by atoms with Crippen LogP contribution in [-0.4, -0.2) is 6.91 Å². The molecule has 12 heavy (non-hydrogen) atoms. The predicted octanol–water partition coefficient (Wildman–Crippen LogP) is 3.02. The third-order valence-corrected chi connectivity index (χ3v) is 2.42. The average Bonchev–Trinajstić information content (AvgIpc) is 2.03. The second-order valence-electron chi connectivity index (χ2n) is 3.65. The van der Waals surface area contributed by atoms with Crippen molar-refractivity contribution >= 4 is 6.91 Å². The Morgan fingerprint density at radius 2 is 2.08 bits per heavy atom. The van der Waals surface area contributed by atoms with Gasteiger partial charge in [-0.05, 0) is 0 Å². The third-order valence-electron chi connectivity index (χ3n) is 2.42. The van der Waals surface area contributed by atoms with Gasteiger partial charge in [0.05, 0.1) is 0 Å². The third kappa shape index (κ3) is 1.77. The van der Waals surface area contributed by atoms with Crippen LogP contribution < -0.4 is 0 Å². The topological polar surface area (TPSA) is 0 Å². The number of hydrogen-bond acceptors (Lipinski definition) is 0. The van der Waals surface area contributed by atoms with Gasteiger partial charge in [-0.3, -0.25) is 0 Å². The summed E-state index contributed by atoms with van der Waals surface area (Å²) in [6.45, 7) is 11.2. The van der Waals surface area contributed by atoms with Crippen molar-refractivity contribution in [3.63, 3.8) is 0 Å². The van der Waals surface area contributed by atoms with Crippen LogP contribution >= 0.6 is 0 Å². The van der Waals surface area contributed by atoms with Crippen LogP contribution in [0.3, 0.4) is 0 Å². The maximum absolute atomic E-state index is 2.26. The zero-order valence-electron chi connectivity index (χ0n) is 8.52. The molecule has 0 amide bonds. The molecule has 0 saturated heterocycles. The standard InChI is InChI=1S/C11H17B/c1-5-10-9(4)6-7-12-11(10)8(2)3/h6-8H,5H2,1-4H3. The van der Waals surface area contributed by atoms with Crippen LogP contribution in [0.2, 0.25) is 0 Å². The minimum atomic E-state index is 0.653. The van der Waals surface area contributed by atoms with Crippen molar-refractivity contribution in [1.82, 2.24) is 0 Å². The van der Waals surface area contributed by atoms with Gasteiger partial charge in [-0.2, -0.15) is 0 Å². The van der Waals surface area contributed by atoms with Crippen molar-refractivity contribution in [3.05, 3.63) is 28.6 Å². The van der Waals surface area contributed by atoms with Crippen LogP contribution in [0.15, 0.2) is 12.0 Å². The summed E-state index contributed by atoms with van der Waals surface area (Å²) in [4.78, 5) is 0. The van der Waals surface area contributed by atoms with Gasteiger partial charge in [0, 0.05) is 0 Å². The molecule has 0 fully saturated rings. The summed E-state index contributed by atoms with van der Waals surface area (Å²) in [5.41, 5.74) is 4.48. The van der Waals surface area contributed by atoms with Crippen molar-refractivity contribution in [2.24, 2.45) is 0 Å². The van der Waals surface area contributed by atoms with Gasteiger partial charge in [0.1, 0.15) is 0 Å². The molecule has 64 valence electrons. The fourth-order valence-electron chi connectivity index (χ4n) is 1.75. The molecule has 0 aliphatic carbocycles. The molecule has 0 aromatic carbocycles. The molecular weight excluding hydrogens is 143 g/mol. The molecular formula is C11H17B. The molecule has 0 unspecified atom stereocenters. The Hall–Kier alpha value is -0.585. The van der Waals surface area contributed by atoms with E-state index in [1.807, 2.05) is 0 Å². The molecule has 1 rings (SSSR count). The van der Waals surface area contributed by atoms with E-state index >= 15 is 0 Å². The minimum absolute atomic E-state index is 0.653. The molecule has 0 saturated carbocycles. The molecule has 0 aliphatic rings. The van der Waals surface area contributed by atoms with E-state index in [0.29, 0.717) is 5.92 Å². The second-order valence-corrected chi connectivity index (χ2v) is 3.65. The van der Waals surface area contributed by atoms with Crippen LogP contribution in [0.1, 0.15) is 43.3 Å². The first-order valence-electron chi connectivity index (χ1n) is 4.75. The van der Waals surface area contributed by atoms with Gasteiger partial charge in [0.2, 0.25) is 0 Å². The van der Waals surface area contributed by atoms with E-state index in [1.54, 1.807) is 0 Å². The van der Waals surface area contributed by atoms with Crippen molar-refractivity contribution in [1.29, 1.82) is 0 Å². The van der Waals surface area contributed by atoms with E-state index < -0.39 is 0 Å². The van der Waals surface area contributed by atoms with Gasteiger partial charge in [-0.15, -0.1) is 0 Å². The predicted molar refractivity (Wildman–Crippen MR) is 56.0 cm³/mol. The Morgan fingerprint density at radius 1 is 1.42 bits per heavy atom. The molecule has 1 heteroatoms. The van der Waals surface area contributed by atoms with Crippen molar-refractivity contribution in [2.75, 3.05) is 0 Å². The summed E-state index contributed by atoms with van der Waals surface area (Å²) in [7, 11) is 0. The van der Waals surface area contributed by atoms with Crippen LogP contribution in [0.4, 0.5) is 0 Å². The summed E-state index contributed by atoms with van der Waals surface area (Å²) >= 11 is 0. The second kappa shape index (κ2) is 3.89. The summed E-state index contributed by atoms with van der Waals surface area (Å²) in [6, 6.07) is 2.20. The fourth-order valence-corrected chi connectivity index (χ4v) is 1.75. The quantitative estimate of drug-likeness (QED) is 0.623. The zero-order valence-corrected chi connectivity index (χ0v) is 8.52. The Balaban J connectivity index is 3.18. The molecule has 0 N–H and O–H groups in total. The van der Waals surface area contributed by atoms with E-state index in [9.17, 15) is 0 Å². The normalized spacial score (nSPS) is 10.4. The molecule has 0 radical (unpaired) electrons. The first-order chi connectivity index (χ1) is 5.66. The van der Waals surface area contributed by atoms with Crippen LogP contribution in [0.25, 0.3) is 0 Å². The molecule has 0 nitrogen and oxygen atoms in total. The summed E-state index contributed by atoms with van der Waals surface area (Å²) in [6.07, 6.45) is 1.15. The summed E-state index contributed by atoms with van der Waals surface area (Å²) < 4.78 is 0. The molecule has 1 aromatic heterocycles. The van der Waals surface area contributed by atoms with Gasteiger partial charge in [-0.1, -0.05) is 0 Å². The zero-order chi connectivity index (χ0) is 9.14. The molecule has 0 atom stereocenters. The van der Waals surface area contributed by atoms with E-state index in [1.165, 1.54) is 16.6 Å². The van der Waals surface area contributed by atoms with E-state index in [0.717, 1.165) is 6.42 Å². The Morgan fingerprint density at radius 3 is 2.50 bits per heavy atom. The monoisotopic (exact) mass is 160 g/mol. The van der Waals surface area contributed by atoms with Gasteiger partial charge < -0.3 is 0 Å². The molecule has 1 heterocycles.